The quantitative estimate of drug-likeness (QED) is 0.654. The Bertz CT molecular complexity index is 928. The minimum atomic E-state index is -0.970. The molecule has 1 aliphatic rings. The highest BCUT2D eigenvalue weighted by Gasteiger charge is 2.24. The van der Waals surface area contributed by atoms with Crippen LogP contribution in [0.2, 0.25) is 0 Å². The number of aromatic amines is 1. The second-order valence-electron chi connectivity index (χ2n) is 7.46. The fourth-order valence-electron chi connectivity index (χ4n) is 3.69. The number of carbonyl (C=O) groups is 1. The second-order valence-corrected chi connectivity index (χ2v) is 7.46. The minimum absolute atomic E-state index is 0.0644. The van der Waals surface area contributed by atoms with Crippen molar-refractivity contribution in [2.75, 3.05) is 18.4 Å². The van der Waals surface area contributed by atoms with Crippen LogP contribution in [0.25, 0.3) is 11.1 Å². The van der Waals surface area contributed by atoms with Gasteiger partial charge in [-0.05, 0) is 48.6 Å². The number of hydrogen-bond acceptors (Lipinski definition) is 3. The Balaban J connectivity index is 1.36. The third-order valence-electron chi connectivity index (χ3n) is 5.46. The zero-order chi connectivity index (χ0) is 20.2. The fourth-order valence-corrected chi connectivity index (χ4v) is 3.69. The molecule has 1 atom stereocenters. The van der Waals surface area contributed by atoms with Gasteiger partial charge in [0.25, 0.3) is 5.91 Å². The first kappa shape index (κ1) is 19.2. The van der Waals surface area contributed by atoms with Crippen LogP contribution < -0.4 is 5.32 Å². The van der Waals surface area contributed by atoms with Crippen LogP contribution in [-0.2, 0) is 0 Å². The van der Waals surface area contributed by atoms with Crippen LogP contribution in [0.15, 0.2) is 60.9 Å². The number of likely N-dealkylation sites (tertiary alicyclic amines) is 1. The SMILES string of the molecule is CC(F)c1ccc(-c2ccc(C(=O)N3CCC(Nc4ncc[nH]4)CC3)cc2)cc1. The average molecular weight is 392 g/mol. The Morgan fingerprint density at radius 1 is 1.10 bits per heavy atom. The van der Waals surface area contributed by atoms with E-state index >= 15 is 0 Å². The number of nitrogens with one attached hydrogen (secondary N) is 2. The standard InChI is InChI=1S/C23H25FN4O/c1-16(24)17-2-4-18(5-3-17)19-6-8-20(9-7-19)22(29)28-14-10-21(11-15-28)27-23-25-12-13-26-23/h2-9,12-13,16,21H,10-11,14-15H2,1H3,(H2,25,26,27). The van der Waals surface area contributed by atoms with E-state index < -0.39 is 6.17 Å². The Hall–Kier alpha value is -3.15. The first-order chi connectivity index (χ1) is 14.1. The number of halogens is 1. The van der Waals surface area contributed by atoms with E-state index in [-0.39, 0.29) is 5.91 Å². The predicted molar refractivity (Wildman–Crippen MR) is 113 cm³/mol. The summed E-state index contributed by atoms with van der Waals surface area (Å²) in [5, 5.41) is 3.37. The highest BCUT2D eigenvalue weighted by atomic mass is 19.1. The molecule has 150 valence electrons. The van der Waals surface area contributed by atoms with E-state index in [1.165, 1.54) is 6.92 Å². The van der Waals surface area contributed by atoms with Gasteiger partial charge in [-0.2, -0.15) is 0 Å². The van der Waals surface area contributed by atoms with Gasteiger partial charge in [-0.25, -0.2) is 9.37 Å². The van der Waals surface area contributed by atoms with E-state index in [0.29, 0.717) is 17.2 Å². The topological polar surface area (TPSA) is 61.0 Å². The van der Waals surface area contributed by atoms with Crippen molar-refractivity contribution in [3.8, 4) is 11.1 Å². The lowest BCUT2D eigenvalue weighted by Gasteiger charge is -2.32. The van der Waals surface area contributed by atoms with Gasteiger partial charge in [0.15, 0.2) is 5.95 Å². The number of piperidine rings is 1. The Kier molecular flexibility index (Phi) is 5.60. The van der Waals surface area contributed by atoms with Gasteiger partial charge in [0, 0.05) is 37.1 Å². The van der Waals surface area contributed by atoms with E-state index in [9.17, 15) is 9.18 Å². The van der Waals surface area contributed by atoms with Crippen LogP contribution in [0, 0.1) is 0 Å². The van der Waals surface area contributed by atoms with Crippen molar-refractivity contribution in [1.29, 1.82) is 0 Å². The molecule has 1 saturated heterocycles. The first-order valence-electron chi connectivity index (χ1n) is 10.00. The van der Waals surface area contributed by atoms with Crippen LogP contribution >= 0.6 is 0 Å². The summed E-state index contributed by atoms with van der Waals surface area (Å²) in [5.74, 6) is 0.842. The maximum Gasteiger partial charge on any atom is 0.253 e. The molecule has 1 unspecified atom stereocenters. The lowest BCUT2D eigenvalue weighted by atomic mass is 10.0. The fraction of sp³-hybridized carbons (Fsp3) is 0.304. The number of amides is 1. The monoisotopic (exact) mass is 392 g/mol. The zero-order valence-electron chi connectivity index (χ0n) is 16.4. The van der Waals surface area contributed by atoms with E-state index in [0.717, 1.165) is 43.0 Å². The number of anilines is 1. The summed E-state index contributed by atoms with van der Waals surface area (Å²) < 4.78 is 13.4. The molecule has 1 aromatic heterocycles. The molecule has 0 saturated carbocycles. The molecule has 5 nitrogen and oxygen atoms in total. The predicted octanol–water partition coefficient (Wildman–Crippen LogP) is 4.82. The molecular weight excluding hydrogens is 367 g/mol. The molecule has 0 aliphatic carbocycles. The molecule has 1 aliphatic heterocycles. The van der Waals surface area contributed by atoms with E-state index in [2.05, 4.69) is 15.3 Å². The smallest absolute Gasteiger partial charge is 0.253 e. The highest BCUT2D eigenvalue weighted by molar-refractivity contribution is 5.94. The van der Waals surface area contributed by atoms with E-state index in [1.807, 2.05) is 41.3 Å². The van der Waals surface area contributed by atoms with Crippen molar-refractivity contribution in [2.45, 2.75) is 32.0 Å². The Morgan fingerprint density at radius 3 is 2.28 bits per heavy atom. The number of benzene rings is 2. The van der Waals surface area contributed by atoms with Gasteiger partial charge in [0.1, 0.15) is 6.17 Å². The highest BCUT2D eigenvalue weighted by Crippen LogP contribution is 2.24. The van der Waals surface area contributed by atoms with Crippen molar-refractivity contribution >= 4 is 11.9 Å². The third kappa shape index (κ3) is 4.47. The summed E-state index contributed by atoms with van der Waals surface area (Å²) >= 11 is 0. The lowest BCUT2D eigenvalue weighted by molar-refractivity contribution is 0.0718. The molecule has 2 N–H and O–H groups in total. The molecular formula is C23H25FN4O. The number of H-pyrrole nitrogens is 1. The molecule has 4 rings (SSSR count). The average Bonchev–Trinajstić information content (AvgIpc) is 3.27. The molecule has 2 aromatic carbocycles. The van der Waals surface area contributed by atoms with Gasteiger partial charge < -0.3 is 15.2 Å². The largest absolute Gasteiger partial charge is 0.353 e. The third-order valence-corrected chi connectivity index (χ3v) is 5.46. The number of rotatable bonds is 5. The van der Waals surface area contributed by atoms with Crippen molar-refractivity contribution in [2.24, 2.45) is 0 Å². The number of imidazole rings is 1. The number of nitrogens with zero attached hydrogens (tertiary/aromatic N) is 2. The van der Waals surface area contributed by atoms with E-state index in [4.69, 9.17) is 0 Å². The maximum absolute atomic E-state index is 13.4. The van der Waals surface area contributed by atoms with Crippen molar-refractivity contribution < 1.29 is 9.18 Å². The lowest BCUT2D eigenvalue weighted by Crippen LogP contribution is -2.42. The summed E-state index contributed by atoms with van der Waals surface area (Å²) in [6.45, 7) is 2.98. The van der Waals surface area contributed by atoms with Gasteiger partial charge in [0.2, 0.25) is 0 Å². The molecule has 0 spiro atoms. The summed E-state index contributed by atoms with van der Waals surface area (Å²) in [6.07, 6.45) is 4.33. The summed E-state index contributed by atoms with van der Waals surface area (Å²) in [7, 11) is 0. The van der Waals surface area contributed by atoms with Gasteiger partial charge in [-0.3, -0.25) is 4.79 Å². The number of carbonyl (C=O) groups excluding carboxylic acids is 1. The molecule has 2 heterocycles. The first-order valence-corrected chi connectivity index (χ1v) is 10.00. The number of hydrogen-bond donors (Lipinski definition) is 2. The molecule has 0 radical (unpaired) electrons. The normalized spacial score (nSPS) is 15.9. The summed E-state index contributed by atoms with van der Waals surface area (Å²) in [4.78, 5) is 22.0. The summed E-state index contributed by atoms with van der Waals surface area (Å²) in [6, 6.07) is 15.4. The molecule has 0 bridgehead atoms. The Morgan fingerprint density at radius 2 is 1.72 bits per heavy atom. The van der Waals surface area contributed by atoms with Crippen LogP contribution in [-0.4, -0.2) is 39.9 Å². The minimum Gasteiger partial charge on any atom is -0.353 e. The Labute approximate surface area is 170 Å². The molecule has 1 fully saturated rings. The molecule has 29 heavy (non-hydrogen) atoms. The van der Waals surface area contributed by atoms with Crippen molar-refractivity contribution in [1.82, 2.24) is 14.9 Å². The molecule has 3 aromatic rings. The summed E-state index contributed by atoms with van der Waals surface area (Å²) in [5.41, 5.74) is 3.39. The van der Waals surface area contributed by atoms with Gasteiger partial charge in [-0.15, -0.1) is 0 Å². The van der Waals surface area contributed by atoms with Gasteiger partial charge >= 0.3 is 0 Å². The van der Waals surface area contributed by atoms with E-state index in [1.54, 1.807) is 24.5 Å². The van der Waals surface area contributed by atoms with Crippen LogP contribution in [0.4, 0.5) is 10.3 Å². The molecule has 6 heteroatoms. The maximum atomic E-state index is 13.4. The van der Waals surface area contributed by atoms with Crippen LogP contribution in [0.1, 0.15) is 41.9 Å². The van der Waals surface area contributed by atoms with Gasteiger partial charge in [0.05, 0.1) is 0 Å². The number of alkyl halides is 1. The van der Waals surface area contributed by atoms with Crippen LogP contribution in [0.3, 0.4) is 0 Å². The second kappa shape index (κ2) is 8.47. The van der Waals surface area contributed by atoms with Crippen molar-refractivity contribution in [3.05, 3.63) is 72.1 Å². The molecule has 1 amide bonds. The van der Waals surface area contributed by atoms with Crippen LogP contribution in [0.5, 0.6) is 0 Å². The van der Waals surface area contributed by atoms with Gasteiger partial charge in [-0.1, -0.05) is 36.4 Å². The van der Waals surface area contributed by atoms with Crippen molar-refractivity contribution in [3.63, 3.8) is 0 Å². The number of aromatic nitrogens is 2. The zero-order valence-corrected chi connectivity index (χ0v) is 16.4.